The van der Waals surface area contributed by atoms with Crippen LogP contribution in [0.1, 0.15) is 32.4 Å². The Morgan fingerprint density at radius 2 is 1.94 bits per heavy atom. The van der Waals surface area contributed by atoms with E-state index in [1.165, 1.54) is 0 Å². The van der Waals surface area contributed by atoms with Crippen LogP contribution in [0, 0.1) is 0 Å². The SMILES string of the molecule is CCCN(CCC)c1cc(OCCN2CCOCC2)cc(N/N=C/c2noc3ccccc23)n1. The maximum Gasteiger partial charge on any atom is 0.167 e. The van der Waals surface area contributed by atoms with Gasteiger partial charge in [-0.25, -0.2) is 4.98 Å². The number of benzene rings is 1. The molecule has 1 aliphatic rings. The fourth-order valence-electron chi connectivity index (χ4n) is 3.95. The number of pyridine rings is 1. The van der Waals surface area contributed by atoms with Gasteiger partial charge in [-0.2, -0.15) is 5.10 Å². The maximum absolute atomic E-state index is 6.14. The van der Waals surface area contributed by atoms with E-state index in [0.29, 0.717) is 18.1 Å². The van der Waals surface area contributed by atoms with Crippen LogP contribution in [0.15, 0.2) is 46.0 Å². The van der Waals surface area contributed by atoms with E-state index in [9.17, 15) is 0 Å². The van der Waals surface area contributed by atoms with E-state index in [0.717, 1.165) is 81.3 Å². The zero-order valence-corrected chi connectivity index (χ0v) is 20.1. The van der Waals surface area contributed by atoms with Gasteiger partial charge in [0.15, 0.2) is 11.4 Å². The molecule has 0 spiro atoms. The molecule has 0 aliphatic carbocycles. The molecule has 34 heavy (non-hydrogen) atoms. The molecule has 3 aromatic rings. The van der Waals surface area contributed by atoms with Gasteiger partial charge in [-0.3, -0.25) is 10.3 Å². The molecule has 182 valence electrons. The normalized spacial score (nSPS) is 14.6. The van der Waals surface area contributed by atoms with Gasteiger partial charge in [0, 0.05) is 44.9 Å². The van der Waals surface area contributed by atoms with E-state index in [2.05, 4.69) is 39.3 Å². The Kier molecular flexibility index (Phi) is 8.70. The standard InChI is InChI=1S/C25H34N6O3/c1-3-9-31(10-4-2)25-18-20(33-16-13-30-11-14-32-15-12-30)17-24(27-25)28-26-19-22-21-7-5-6-8-23(21)34-29-22/h5-8,17-19H,3-4,9-16H2,1-2H3,(H,27,28)/b26-19+. The zero-order chi connectivity index (χ0) is 23.6. The summed E-state index contributed by atoms with van der Waals surface area (Å²) in [5, 5.41) is 9.37. The predicted octanol–water partition coefficient (Wildman–Crippen LogP) is 4.01. The molecule has 0 unspecified atom stereocenters. The summed E-state index contributed by atoms with van der Waals surface area (Å²) in [6.07, 6.45) is 3.74. The van der Waals surface area contributed by atoms with Gasteiger partial charge in [-0.05, 0) is 25.0 Å². The van der Waals surface area contributed by atoms with Crippen molar-refractivity contribution >= 4 is 28.8 Å². The molecule has 1 aromatic carbocycles. The molecule has 0 saturated carbocycles. The summed E-state index contributed by atoms with van der Waals surface area (Å²) >= 11 is 0. The topological polar surface area (TPSA) is 88.2 Å². The third kappa shape index (κ3) is 6.45. The van der Waals surface area contributed by atoms with E-state index in [-0.39, 0.29) is 0 Å². The van der Waals surface area contributed by atoms with Crippen molar-refractivity contribution in [3.63, 3.8) is 0 Å². The number of morpholine rings is 1. The number of para-hydroxylation sites is 1. The predicted molar refractivity (Wildman–Crippen MR) is 135 cm³/mol. The second-order valence-electron chi connectivity index (χ2n) is 8.27. The van der Waals surface area contributed by atoms with E-state index < -0.39 is 0 Å². The molecular weight excluding hydrogens is 432 g/mol. The average Bonchev–Trinajstić information content (AvgIpc) is 3.28. The Hall–Kier alpha value is -3.17. The van der Waals surface area contributed by atoms with Crippen LogP contribution in [0.4, 0.5) is 11.6 Å². The van der Waals surface area contributed by atoms with Gasteiger partial charge in [0.2, 0.25) is 0 Å². The molecule has 3 heterocycles. The third-order valence-electron chi connectivity index (χ3n) is 5.65. The number of nitrogens with one attached hydrogen (secondary N) is 1. The summed E-state index contributed by atoms with van der Waals surface area (Å²) in [7, 11) is 0. The minimum absolute atomic E-state index is 0.610. The number of aromatic nitrogens is 2. The minimum atomic E-state index is 0.610. The quantitative estimate of drug-likeness (QED) is 0.316. The minimum Gasteiger partial charge on any atom is -0.492 e. The number of rotatable bonds is 12. The summed E-state index contributed by atoms with van der Waals surface area (Å²) in [5.41, 5.74) is 4.45. The molecule has 1 fully saturated rings. The molecule has 2 aromatic heterocycles. The van der Waals surface area contributed by atoms with Gasteiger partial charge in [0.05, 0.1) is 24.8 Å². The molecule has 1 N–H and O–H groups in total. The first-order valence-electron chi connectivity index (χ1n) is 12.1. The van der Waals surface area contributed by atoms with Crippen molar-refractivity contribution in [2.45, 2.75) is 26.7 Å². The van der Waals surface area contributed by atoms with Gasteiger partial charge in [0.25, 0.3) is 0 Å². The number of hydrogen-bond donors (Lipinski definition) is 1. The van der Waals surface area contributed by atoms with Crippen molar-refractivity contribution in [1.82, 2.24) is 15.0 Å². The Morgan fingerprint density at radius 3 is 2.74 bits per heavy atom. The molecule has 0 radical (unpaired) electrons. The van der Waals surface area contributed by atoms with Gasteiger partial charge < -0.3 is 18.9 Å². The van der Waals surface area contributed by atoms with Crippen molar-refractivity contribution in [3.8, 4) is 5.75 Å². The van der Waals surface area contributed by atoms with Crippen LogP contribution in [0.25, 0.3) is 11.0 Å². The molecule has 0 atom stereocenters. The van der Waals surface area contributed by atoms with Crippen LogP contribution >= 0.6 is 0 Å². The van der Waals surface area contributed by atoms with Crippen molar-refractivity contribution in [2.75, 3.05) is 62.9 Å². The van der Waals surface area contributed by atoms with Crippen LogP contribution in [0.3, 0.4) is 0 Å². The number of anilines is 2. The number of fused-ring (bicyclic) bond motifs is 1. The lowest BCUT2D eigenvalue weighted by atomic mass is 10.2. The second kappa shape index (κ2) is 12.3. The average molecular weight is 467 g/mol. The Balaban J connectivity index is 1.48. The van der Waals surface area contributed by atoms with Crippen molar-refractivity contribution in [2.24, 2.45) is 5.10 Å². The molecule has 4 rings (SSSR count). The molecule has 1 aliphatic heterocycles. The van der Waals surface area contributed by atoms with Gasteiger partial charge in [-0.15, -0.1) is 0 Å². The number of hydrogen-bond acceptors (Lipinski definition) is 9. The highest BCUT2D eigenvalue weighted by molar-refractivity contribution is 5.95. The summed E-state index contributed by atoms with van der Waals surface area (Å²) in [4.78, 5) is 9.45. The van der Waals surface area contributed by atoms with E-state index in [1.807, 2.05) is 36.4 Å². The van der Waals surface area contributed by atoms with E-state index in [1.54, 1.807) is 6.21 Å². The molecular formula is C25H34N6O3. The van der Waals surface area contributed by atoms with Crippen LogP contribution in [0.5, 0.6) is 5.75 Å². The Bertz CT molecular complexity index is 1060. The first-order valence-corrected chi connectivity index (χ1v) is 12.1. The van der Waals surface area contributed by atoms with E-state index in [4.69, 9.17) is 19.0 Å². The Morgan fingerprint density at radius 1 is 1.15 bits per heavy atom. The monoisotopic (exact) mass is 466 g/mol. The summed E-state index contributed by atoms with van der Waals surface area (Å²) in [6, 6.07) is 11.6. The van der Waals surface area contributed by atoms with Gasteiger partial charge in [-0.1, -0.05) is 31.1 Å². The highest BCUT2D eigenvalue weighted by Crippen LogP contribution is 2.24. The first kappa shape index (κ1) is 24.0. The second-order valence-corrected chi connectivity index (χ2v) is 8.27. The van der Waals surface area contributed by atoms with Crippen molar-refractivity contribution in [1.29, 1.82) is 0 Å². The molecule has 9 nitrogen and oxygen atoms in total. The highest BCUT2D eigenvalue weighted by atomic mass is 16.5. The molecule has 0 amide bonds. The van der Waals surface area contributed by atoms with Crippen LogP contribution in [0.2, 0.25) is 0 Å². The lowest BCUT2D eigenvalue weighted by Crippen LogP contribution is -2.38. The van der Waals surface area contributed by atoms with Crippen molar-refractivity contribution in [3.05, 3.63) is 42.1 Å². The van der Waals surface area contributed by atoms with E-state index >= 15 is 0 Å². The van der Waals surface area contributed by atoms with Gasteiger partial charge >= 0.3 is 0 Å². The van der Waals surface area contributed by atoms with Gasteiger partial charge in [0.1, 0.15) is 23.9 Å². The number of nitrogens with zero attached hydrogens (tertiary/aromatic N) is 5. The third-order valence-corrected chi connectivity index (χ3v) is 5.65. The molecule has 9 heteroatoms. The smallest absolute Gasteiger partial charge is 0.167 e. The Labute approximate surface area is 200 Å². The maximum atomic E-state index is 6.14. The fourth-order valence-corrected chi connectivity index (χ4v) is 3.95. The number of ether oxygens (including phenoxy) is 2. The highest BCUT2D eigenvalue weighted by Gasteiger charge is 2.13. The number of hydrazone groups is 1. The zero-order valence-electron chi connectivity index (χ0n) is 20.1. The molecule has 1 saturated heterocycles. The van der Waals surface area contributed by atoms with Crippen LogP contribution in [-0.4, -0.2) is 73.8 Å². The summed E-state index contributed by atoms with van der Waals surface area (Å²) in [5.74, 6) is 2.29. The largest absolute Gasteiger partial charge is 0.492 e. The first-order chi connectivity index (χ1) is 16.8. The molecule has 0 bridgehead atoms. The lowest BCUT2D eigenvalue weighted by molar-refractivity contribution is 0.0322. The summed E-state index contributed by atoms with van der Waals surface area (Å²) < 4.78 is 16.9. The van der Waals surface area contributed by atoms with Crippen molar-refractivity contribution < 1.29 is 14.0 Å². The van der Waals surface area contributed by atoms with Crippen LogP contribution in [-0.2, 0) is 4.74 Å². The summed E-state index contributed by atoms with van der Waals surface area (Å²) in [6.45, 7) is 11.2. The van der Waals surface area contributed by atoms with Crippen LogP contribution < -0.4 is 15.1 Å². The fraction of sp³-hybridized carbons (Fsp3) is 0.480. The lowest BCUT2D eigenvalue weighted by Gasteiger charge is -2.26.